The first-order valence-corrected chi connectivity index (χ1v) is 5.47. The second-order valence-corrected chi connectivity index (χ2v) is 4.19. The molecule has 13 heavy (non-hydrogen) atoms. The van der Waals surface area contributed by atoms with E-state index in [1.165, 1.54) is 6.42 Å². The van der Waals surface area contributed by atoms with Crippen LogP contribution in [0, 0.1) is 11.8 Å². The van der Waals surface area contributed by atoms with Crippen molar-refractivity contribution in [1.29, 1.82) is 0 Å². The van der Waals surface area contributed by atoms with E-state index < -0.39 is 0 Å². The minimum absolute atomic E-state index is 0.269. The molecule has 1 amide bonds. The summed E-state index contributed by atoms with van der Waals surface area (Å²) in [6.07, 6.45) is 3.16. The van der Waals surface area contributed by atoms with Crippen molar-refractivity contribution in [1.82, 2.24) is 4.90 Å². The smallest absolute Gasteiger partial charge is 0.225 e. The third kappa shape index (κ3) is 2.45. The van der Waals surface area contributed by atoms with Gasteiger partial charge in [-0.3, -0.25) is 4.79 Å². The summed E-state index contributed by atoms with van der Waals surface area (Å²) in [7, 11) is 0. The van der Waals surface area contributed by atoms with Gasteiger partial charge >= 0.3 is 0 Å². The lowest BCUT2D eigenvalue weighted by Gasteiger charge is -2.21. The number of nitrogens with zero attached hydrogens (tertiary/aromatic N) is 1. The standard InChI is InChI=1S/C11H21NO/c1-4-10(5-2)11(13)12-7-6-9(3)8-12/h9-10H,4-8H2,1-3H3. The van der Waals surface area contributed by atoms with Crippen LogP contribution in [0.1, 0.15) is 40.0 Å². The van der Waals surface area contributed by atoms with Crippen molar-refractivity contribution in [3.63, 3.8) is 0 Å². The zero-order valence-electron chi connectivity index (χ0n) is 9.05. The molecule has 2 heteroatoms. The Hall–Kier alpha value is -0.530. The van der Waals surface area contributed by atoms with E-state index >= 15 is 0 Å². The van der Waals surface area contributed by atoms with Gasteiger partial charge in [0.2, 0.25) is 5.91 Å². The number of rotatable bonds is 3. The topological polar surface area (TPSA) is 20.3 Å². The van der Waals surface area contributed by atoms with Crippen LogP contribution < -0.4 is 0 Å². The predicted molar refractivity (Wildman–Crippen MR) is 54.4 cm³/mol. The second kappa shape index (κ2) is 4.64. The molecule has 1 rings (SSSR count). The van der Waals surface area contributed by atoms with Crippen LogP contribution in [-0.2, 0) is 4.79 Å². The van der Waals surface area contributed by atoms with E-state index in [0.29, 0.717) is 11.8 Å². The van der Waals surface area contributed by atoms with E-state index in [4.69, 9.17) is 0 Å². The normalized spacial score (nSPS) is 22.8. The van der Waals surface area contributed by atoms with E-state index in [2.05, 4.69) is 20.8 Å². The number of hydrogen-bond donors (Lipinski definition) is 0. The molecule has 0 radical (unpaired) electrons. The van der Waals surface area contributed by atoms with Crippen molar-refractivity contribution in [2.75, 3.05) is 13.1 Å². The third-order valence-corrected chi connectivity index (χ3v) is 3.07. The number of amides is 1. The Morgan fingerprint density at radius 2 is 2.08 bits per heavy atom. The minimum atomic E-state index is 0.269. The van der Waals surface area contributed by atoms with Crippen LogP contribution in [0.3, 0.4) is 0 Å². The molecule has 0 aliphatic carbocycles. The molecule has 0 N–H and O–H groups in total. The number of likely N-dealkylation sites (tertiary alicyclic amines) is 1. The first-order chi connectivity index (χ1) is 6.19. The van der Waals surface area contributed by atoms with Crippen LogP contribution in [0.2, 0.25) is 0 Å². The SMILES string of the molecule is CCC(CC)C(=O)N1CCC(C)C1. The molecule has 1 heterocycles. The molecule has 76 valence electrons. The second-order valence-electron chi connectivity index (χ2n) is 4.19. The van der Waals surface area contributed by atoms with Crippen molar-refractivity contribution >= 4 is 5.91 Å². The fourth-order valence-corrected chi connectivity index (χ4v) is 2.03. The molecule has 1 saturated heterocycles. The summed E-state index contributed by atoms with van der Waals surface area (Å²) >= 11 is 0. The highest BCUT2D eigenvalue weighted by atomic mass is 16.2. The fraction of sp³-hybridized carbons (Fsp3) is 0.909. The zero-order chi connectivity index (χ0) is 9.84. The molecule has 2 nitrogen and oxygen atoms in total. The van der Waals surface area contributed by atoms with Gasteiger partial charge in [0, 0.05) is 19.0 Å². The van der Waals surface area contributed by atoms with Gasteiger partial charge in [-0.05, 0) is 25.2 Å². The van der Waals surface area contributed by atoms with Crippen LogP contribution in [0.4, 0.5) is 0 Å². The van der Waals surface area contributed by atoms with Crippen LogP contribution >= 0.6 is 0 Å². The highest BCUT2D eigenvalue weighted by Gasteiger charge is 2.26. The van der Waals surface area contributed by atoms with Gasteiger partial charge in [-0.2, -0.15) is 0 Å². The van der Waals surface area contributed by atoms with Gasteiger partial charge in [0.05, 0.1) is 0 Å². The average Bonchev–Trinajstić information content (AvgIpc) is 2.54. The maximum absolute atomic E-state index is 11.9. The summed E-state index contributed by atoms with van der Waals surface area (Å²) in [4.78, 5) is 13.9. The lowest BCUT2D eigenvalue weighted by atomic mass is 10.0. The molecule has 0 saturated carbocycles. The Balaban J connectivity index is 2.47. The number of carbonyl (C=O) groups is 1. The molecular formula is C11H21NO. The molecule has 1 fully saturated rings. The largest absolute Gasteiger partial charge is 0.342 e. The van der Waals surface area contributed by atoms with Crippen molar-refractivity contribution in [3.05, 3.63) is 0 Å². The van der Waals surface area contributed by atoms with E-state index in [1.807, 2.05) is 4.90 Å². The molecule has 0 aromatic heterocycles. The molecule has 1 aliphatic heterocycles. The lowest BCUT2D eigenvalue weighted by Crippen LogP contribution is -2.33. The quantitative estimate of drug-likeness (QED) is 0.657. The third-order valence-electron chi connectivity index (χ3n) is 3.07. The van der Waals surface area contributed by atoms with Gasteiger partial charge in [-0.15, -0.1) is 0 Å². The van der Waals surface area contributed by atoms with E-state index in [1.54, 1.807) is 0 Å². The summed E-state index contributed by atoms with van der Waals surface area (Å²) < 4.78 is 0. The average molecular weight is 183 g/mol. The van der Waals surface area contributed by atoms with E-state index in [9.17, 15) is 4.79 Å². The Morgan fingerprint density at radius 1 is 1.46 bits per heavy atom. The van der Waals surface area contributed by atoms with E-state index in [0.717, 1.165) is 25.9 Å². The summed E-state index contributed by atoms with van der Waals surface area (Å²) in [6.45, 7) is 8.39. The lowest BCUT2D eigenvalue weighted by molar-refractivity contribution is -0.134. The number of carbonyl (C=O) groups excluding carboxylic acids is 1. The highest BCUT2D eigenvalue weighted by molar-refractivity contribution is 5.79. The van der Waals surface area contributed by atoms with Gasteiger partial charge < -0.3 is 4.90 Å². The van der Waals surface area contributed by atoms with Gasteiger partial charge in [0.25, 0.3) is 0 Å². The summed E-state index contributed by atoms with van der Waals surface area (Å²) in [5.41, 5.74) is 0. The van der Waals surface area contributed by atoms with Crippen LogP contribution in [0.15, 0.2) is 0 Å². The summed E-state index contributed by atoms with van der Waals surface area (Å²) in [6, 6.07) is 0. The van der Waals surface area contributed by atoms with Crippen LogP contribution in [0.25, 0.3) is 0 Å². The Morgan fingerprint density at radius 3 is 2.46 bits per heavy atom. The molecule has 1 atom stereocenters. The van der Waals surface area contributed by atoms with Crippen molar-refractivity contribution in [2.24, 2.45) is 11.8 Å². The Labute approximate surface area is 81.3 Å². The molecule has 1 aliphatic rings. The molecule has 1 unspecified atom stereocenters. The highest BCUT2D eigenvalue weighted by Crippen LogP contribution is 2.20. The first kappa shape index (κ1) is 10.6. The monoisotopic (exact) mass is 183 g/mol. The van der Waals surface area contributed by atoms with Gasteiger partial charge in [-0.1, -0.05) is 20.8 Å². The molecule has 0 aromatic carbocycles. The van der Waals surface area contributed by atoms with Gasteiger partial charge in [-0.25, -0.2) is 0 Å². The molecule has 0 aromatic rings. The Kier molecular flexibility index (Phi) is 3.76. The predicted octanol–water partition coefficient (Wildman–Crippen LogP) is 2.29. The van der Waals surface area contributed by atoms with Gasteiger partial charge in [0.15, 0.2) is 0 Å². The van der Waals surface area contributed by atoms with Crippen molar-refractivity contribution in [2.45, 2.75) is 40.0 Å². The van der Waals surface area contributed by atoms with E-state index in [-0.39, 0.29) is 5.92 Å². The zero-order valence-corrected chi connectivity index (χ0v) is 9.05. The fourth-order valence-electron chi connectivity index (χ4n) is 2.03. The van der Waals surface area contributed by atoms with Crippen molar-refractivity contribution < 1.29 is 4.79 Å². The van der Waals surface area contributed by atoms with Crippen LogP contribution in [-0.4, -0.2) is 23.9 Å². The maximum atomic E-state index is 11.9. The van der Waals surface area contributed by atoms with Crippen molar-refractivity contribution in [3.8, 4) is 0 Å². The summed E-state index contributed by atoms with van der Waals surface area (Å²) in [5, 5.41) is 0. The molecule has 0 spiro atoms. The first-order valence-electron chi connectivity index (χ1n) is 5.47. The van der Waals surface area contributed by atoms with Crippen LogP contribution in [0.5, 0.6) is 0 Å². The molecule has 0 bridgehead atoms. The maximum Gasteiger partial charge on any atom is 0.225 e. The van der Waals surface area contributed by atoms with Gasteiger partial charge in [0.1, 0.15) is 0 Å². The summed E-state index contributed by atoms with van der Waals surface area (Å²) in [5.74, 6) is 1.36. The minimum Gasteiger partial charge on any atom is -0.342 e. The Bertz CT molecular complexity index is 175. The number of hydrogen-bond acceptors (Lipinski definition) is 1. The molecular weight excluding hydrogens is 162 g/mol.